The second-order valence-corrected chi connectivity index (χ2v) is 5.13. The highest BCUT2D eigenvalue weighted by Crippen LogP contribution is 2.18. The molecule has 4 heteroatoms. The zero-order valence-corrected chi connectivity index (χ0v) is 10.6. The van der Waals surface area contributed by atoms with Crippen LogP contribution < -0.4 is 5.73 Å². The van der Waals surface area contributed by atoms with Gasteiger partial charge in [-0.05, 0) is 18.8 Å². The van der Waals surface area contributed by atoms with Crippen molar-refractivity contribution in [1.29, 1.82) is 0 Å². The maximum Gasteiger partial charge on any atom is 0.239 e. The molecule has 0 radical (unpaired) electrons. The number of ether oxygens (including phenoxy) is 1. The van der Waals surface area contributed by atoms with Crippen molar-refractivity contribution in [2.45, 2.75) is 32.7 Å². The van der Waals surface area contributed by atoms with Gasteiger partial charge >= 0.3 is 0 Å². The smallest absolute Gasteiger partial charge is 0.239 e. The molecule has 0 bridgehead atoms. The maximum absolute atomic E-state index is 12.0. The van der Waals surface area contributed by atoms with Gasteiger partial charge in [-0.25, -0.2) is 0 Å². The first kappa shape index (κ1) is 13.5. The average molecular weight is 228 g/mol. The highest BCUT2D eigenvalue weighted by atomic mass is 16.5. The number of carbonyl (C=O) groups is 1. The van der Waals surface area contributed by atoms with E-state index in [9.17, 15) is 4.79 Å². The second-order valence-electron chi connectivity index (χ2n) is 5.13. The summed E-state index contributed by atoms with van der Waals surface area (Å²) in [6, 6.07) is -0.332. The van der Waals surface area contributed by atoms with Crippen LogP contribution in [0.25, 0.3) is 0 Å². The van der Waals surface area contributed by atoms with E-state index < -0.39 is 0 Å². The Kier molecular flexibility index (Phi) is 5.22. The minimum Gasteiger partial charge on any atom is -0.384 e. The van der Waals surface area contributed by atoms with E-state index in [0.717, 1.165) is 32.5 Å². The van der Waals surface area contributed by atoms with Gasteiger partial charge in [-0.3, -0.25) is 4.79 Å². The number of carbonyl (C=O) groups excluding carboxylic acids is 1. The van der Waals surface area contributed by atoms with Crippen LogP contribution in [0.4, 0.5) is 0 Å². The molecule has 2 N–H and O–H groups in total. The van der Waals surface area contributed by atoms with Gasteiger partial charge in [0.1, 0.15) is 0 Å². The van der Waals surface area contributed by atoms with Gasteiger partial charge in [0.25, 0.3) is 0 Å². The van der Waals surface area contributed by atoms with Gasteiger partial charge in [-0.2, -0.15) is 0 Å². The summed E-state index contributed by atoms with van der Waals surface area (Å²) in [6.45, 7) is 6.55. The fourth-order valence-electron chi connectivity index (χ4n) is 2.25. The maximum atomic E-state index is 12.0. The second kappa shape index (κ2) is 6.21. The Balaban J connectivity index is 2.38. The van der Waals surface area contributed by atoms with Crippen LogP contribution in [0.1, 0.15) is 26.7 Å². The first-order valence-electron chi connectivity index (χ1n) is 6.08. The Hall–Kier alpha value is -0.610. The van der Waals surface area contributed by atoms with Crippen LogP contribution in [-0.4, -0.2) is 43.7 Å². The molecule has 4 nitrogen and oxygen atoms in total. The van der Waals surface area contributed by atoms with Crippen LogP contribution in [0, 0.1) is 11.8 Å². The van der Waals surface area contributed by atoms with Crippen molar-refractivity contribution in [2.24, 2.45) is 17.6 Å². The van der Waals surface area contributed by atoms with Gasteiger partial charge in [0.05, 0.1) is 12.6 Å². The monoisotopic (exact) mass is 228 g/mol. The average Bonchev–Trinajstić information content (AvgIpc) is 2.64. The number of nitrogens with two attached hydrogens (primary N) is 1. The van der Waals surface area contributed by atoms with E-state index >= 15 is 0 Å². The number of hydrogen-bond acceptors (Lipinski definition) is 3. The molecule has 0 saturated carbocycles. The molecule has 0 aromatic heterocycles. The van der Waals surface area contributed by atoms with Crippen LogP contribution in [0.3, 0.4) is 0 Å². The van der Waals surface area contributed by atoms with E-state index in [-0.39, 0.29) is 11.9 Å². The summed E-state index contributed by atoms with van der Waals surface area (Å²) >= 11 is 0. The van der Waals surface area contributed by atoms with Crippen molar-refractivity contribution in [1.82, 2.24) is 4.90 Å². The Morgan fingerprint density at radius 3 is 2.81 bits per heavy atom. The van der Waals surface area contributed by atoms with Gasteiger partial charge in [-0.1, -0.05) is 13.8 Å². The third kappa shape index (κ3) is 3.76. The first-order chi connectivity index (χ1) is 7.54. The van der Waals surface area contributed by atoms with Gasteiger partial charge < -0.3 is 15.4 Å². The van der Waals surface area contributed by atoms with Crippen LogP contribution >= 0.6 is 0 Å². The molecule has 1 fully saturated rings. The lowest BCUT2D eigenvalue weighted by Crippen LogP contribution is -2.43. The van der Waals surface area contributed by atoms with Crippen LogP contribution in [0.5, 0.6) is 0 Å². The Morgan fingerprint density at radius 1 is 1.56 bits per heavy atom. The van der Waals surface area contributed by atoms with E-state index in [2.05, 4.69) is 13.8 Å². The van der Waals surface area contributed by atoms with Crippen molar-refractivity contribution in [3.8, 4) is 0 Å². The largest absolute Gasteiger partial charge is 0.384 e. The lowest BCUT2D eigenvalue weighted by molar-refractivity contribution is -0.132. The molecule has 94 valence electrons. The van der Waals surface area contributed by atoms with Gasteiger partial charge in [0.15, 0.2) is 0 Å². The fraction of sp³-hybridized carbons (Fsp3) is 0.917. The molecule has 0 aromatic rings. The highest BCUT2D eigenvalue weighted by Gasteiger charge is 2.29. The van der Waals surface area contributed by atoms with E-state index in [1.807, 2.05) is 4.90 Å². The van der Waals surface area contributed by atoms with Gasteiger partial charge in [0.2, 0.25) is 5.91 Å². The SMILES string of the molecule is COCC1CCN(C(=O)C(N)CC(C)C)C1. The van der Waals surface area contributed by atoms with E-state index in [1.54, 1.807) is 7.11 Å². The number of nitrogens with zero attached hydrogens (tertiary/aromatic N) is 1. The lowest BCUT2D eigenvalue weighted by Gasteiger charge is -2.21. The molecule has 1 saturated heterocycles. The molecule has 1 aliphatic rings. The predicted octanol–water partition coefficient (Wildman–Crippen LogP) is 0.855. The van der Waals surface area contributed by atoms with Gasteiger partial charge in [0, 0.05) is 26.1 Å². The molecule has 0 aliphatic carbocycles. The summed E-state index contributed by atoms with van der Waals surface area (Å²) in [6.07, 6.45) is 1.80. The van der Waals surface area contributed by atoms with Crippen LogP contribution in [0.2, 0.25) is 0 Å². The summed E-state index contributed by atoms with van der Waals surface area (Å²) in [5, 5.41) is 0. The van der Waals surface area contributed by atoms with Crippen molar-refractivity contribution in [3.05, 3.63) is 0 Å². The lowest BCUT2D eigenvalue weighted by atomic mass is 10.0. The third-order valence-electron chi connectivity index (χ3n) is 3.04. The Bertz CT molecular complexity index is 231. The molecule has 1 heterocycles. The summed E-state index contributed by atoms with van der Waals surface area (Å²) in [7, 11) is 1.70. The van der Waals surface area contributed by atoms with Crippen LogP contribution in [0.15, 0.2) is 0 Å². The van der Waals surface area contributed by atoms with Crippen molar-refractivity contribution < 1.29 is 9.53 Å². The van der Waals surface area contributed by atoms with Crippen LogP contribution in [-0.2, 0) is 9.53 Å². The third-order valence-corrected chi connectivity index (χ3v) is 3.04. The molecule has 16 heavy (non-hydrogen) atoms. The zero-order chi connectivity index (χ0) is 12.1. The summed E-state index contributed by atoms with van der Waals surface area (Å²) in [5.74, 6) is 1.06. The Labute approximate surface area is 98.1 Å². The molecule has 1 amide bonds. The zero-order valence-electron chi connectivity index (χ0n) is 10.6. The summed E-state index contributed by atoms with van der Waals surface area (Å²) in [5.41, 5.74) is 5.89. The number of rotatable bonds is 5. The quantitative estimate of drug-likeness (QED) is 0.759. The molecule has 2 unspecified atom stereocenters. The number of likely N-dealkylation sites (tertiary alicyclic amines) is 1. The van der Waals surface area contributed by atoms with Crippen molar-refractivity contribution >= 4 is 5.91 Å². The molecule has 0 aromatic carbocycles. The highest BCUT2D eigenvalue weighted by molar-refractivity contribution is 5.81. The van der Waals surface area contributed by atoms with E-state index in [1.165, 1.54) is 0 Å². The first-order valence-corrected chi connectivity index (χ1v) is 6.08. The molecule has 0 spiro atoms. The summed E-state index contributed by atoms with van der Waals surface area (Å²) < 4.78 is 5.11. The fourth-order valence-corrected chi connectivity index (χ4v) is 2.25. The molecule has 2 atom stereocenters. The minimum absolute atomic E-state index is 0.104. The van der Waals surface area contributed by atoms with Gasteiger partial charge in [-0.15, -0.1) is 0 Å². The molecule has 1 aliphatic heterocycles. The van der Waals surface area contributed by atoms with Crippen molar-refractivity contribution in [2.75, 3.05) is 26.8 Å². The number of methoxy groups -OCH3 is 1. The topological polar surface area (TPSA) is 55.6 Å². The predicted molar refractivity (Wildman–Crippen MR) is 64.0 cm³/mol. The van der Waals surface area contributed by atoms with E-state index in [0.29, 0.717) is 11.8 Å². The molecular weight excluding hydrogens is 204 g/mol. The Morgan fingerprint density at radius 2 is 2.25 bits per heavy atom. The normalized spacial score (nSPS) is 22.8. The van der Waals surface area contributed by atoms with Crippen molar-refractivity contribution in [3.63, 3.8) is 0 Å². The minimum atomic E-state index is -0.332. The number of amides is 1. The molecular formula is C12H24N2O2. The number of hydrogen-bond donors (Lipinski definition) is 1. The standard InChI is InChI=1S/C12H24N2O2/c1-9(2)6-11(13)12(15)14-5-4-10(7-14)8-16-3/h9-11H,4-8,13H2,1-3H3. The summed E-state index contributed by atoms with van der Waals surface area (Å²) in [4.78, 5) is 13.9. The van der Waals surface area contributed by atoms with E-state index in [4.69, 9.17) is 10.5 Å². The molecule has 1 rings (SSSR count).